The van der Waals surface area contributed by atoms with Gasteiger partial charge >= 0.3 is 0 Å². The molecule has 0 aliphatic carbocycles. The number of carbonyl (C=O) groups is 1. The summed E-state index contributed by atoms with van der Waals surface area (Å²) in [5.41, 5.74) is 8.02. The predicted octanol–water partition coefficient (Wildman–Crippen LogP) is 0.611. The molecule has 0 aliphatic heterocycles. The third kappa shape index (κ3) is 2.57. The molecule has 1 rings (SSSR count). The Morgan fingerprint density at radius 2 is 2.14 bits per heavy atom. The number of nitrogens with two attached hydrogens (primary N) is 1. The fourth-order valence-electron chi connectivity index (χ4n) is 1.35. The molecule has 0 saturated carbocycles. The maximum absolute atomic E-state index is 11.2. The Morgan fingerprint density at radius 3 is 2.71 bits per heavy atom. The summed E-state index contributed by atoms with van der Waals surface area (Å²) >= 11 is 0. The molecule has 1 unspecified atom stereocenters. The monoisotopic (exact) mass is 192 g/mol. The fraction of sp³-hybridized carbons (Fsp3) is 0.364. The van der Waals surface area contributed by atoms with E-state index >= 15 is 0 Å². The molecule has 1 aromatic rings. The lowest BCUT2D eigenvalue weighted by Gasteiger charge is -2.11. The van der Waals surface area contributed by atoms with Gasteiger partial charge in [-0.25, -0.2) is 0 Å². The first-order chi connectivity index (χ1) is 6.65. The van der Waals surface area contributed by atoms with E-state index in [1.165, 1.54) is 5.56 Å². The fourth-order valence-corrected chi connectivity index (χ4v) is 1.35. The second-order valence-electron chi connectivity index (χ2n) is 3.35. The number of aryl methyl sites for hydroxylation is 1. The van der Waals surface area contributed by atoms with Crippen LogP contribution >= 0.6 is 0 Å². The van der Waals surface area contributed by atoms with Gasteiger partial charge in [0.05, 0.1) is 6.04 Å². The number of likely N-dealkylation sites (N-methyl/N-ethyl adjacent to an activating group) is 1. The summed E-state index contributed by atoms with van der Waals surface area (Å²) in [6.07, 6.45) is 0.590. The summed E-state index contributed by atoms with van der Waals surface area (Å²) in [5, 5.41) is 2.54. The Balaban J connectivity index is 2.69. The van der Waals surface area contributed by atoms with Gasteiger partial charge in [0.1, 0.15) is 0 Å². The van der Waals surface area contributed by atoms with Crippen molar-refractivity contribution in [1.82, 2.24) is 5.32 Å². The summed E-state index contributed by atoms with van der Waals surface area (Å²) < 4.78 is 0. The van der Waals surface area contributed by atoms with Crippen LogP contribution in [0.4, 0.5) is 0 Å². The second-order valence-corrected chi connectivity index (χ2v) is 3.35. The van der Waals surface area contributed by atoms with Gasteiger partial charge in [-0.15, -0.1) is 0 Å². The summed E-state index contributed by atoms with van der Waals surface area (Å²) in [5.74, 6) is -0.117. The quantitative estimate of drug-likeness (QED) is 0.737. The molecule has 0 bridgehead atoms. The number of hydrogen-bond donors (Lipinski definition) is 2. The molecule has 0 radical (unpaired) electrons. The lowest BCUT2D eigenvalue weighted by atomic mass is 10.0. The molecular weight excluding hydrogens is 176 g/mol. The van der Waals surface area contributed by atoms with Crippen molar-refractivity contribution < 1.29 is 4.79 Å². The van der Waals surface area contributed by atoms with Gasteiger partial charge < -0.3 is 11.1 Å². The number of amides is 1. The molecule has 0 aromatic heterocycles. The zero-order valence-corrected chi connectivity index (χ0v) is 8.58. The molecule has 1 aromatic carbocycles. The van der Waals surface area contributed by atoms with E-state index in [0.717, 1.165) is 5.56 Å². The average molecular weight is 192 g/mol. The number of nitrogens with one attached hydrogen (secondary N) is 1. The van der Waals surface area contributed by atoms with Gasteiger partial charge in [-0.3, -0.25) is 4.79 Å². The van der Waals surface area contributed by atoms with E-state index in [-0.39, 0.29) is 5.91 Å². The van der Waals surface area contributed by atoms with Crippen molar-refractivity contribution in [3.63, 3.8) is 0 Å². The molecule has 0 saturated heterocycles. The Bertz CT molecular complexity index is 323. The van der Waals surface area contributed by atoms with E-state index in [0.29, 0.717) is 6.42 Å². The first kappa shape index (κ1) is 10.7. The number of hydrogen-bond acceptors (Lipinski definition) is 2. The topological polar surface area (TPSA) is 55.1 Å². The molecule has 1 amide bonds. The summed E-state index contributed by atoms with van der Waals surface area (Å²) in [6.45, 7) is 2.02. The van der Waals surface area contributed by atoms with Crippen LogP contribution in [0.2, 0.25) is 0 Å². The number of benzene rings is 1. The number of carbonyl (C=O) groups excluding carboxylic acids is 1. The second kappa shape index (κ2) is 4.77. The normalized spacial score (nSPS) is 12.2. The van der Waals surface area contributed by atoms with Gasteiger partial charge in [0.25, 0.3) is 0 Å². The van der Waals surface area contributed by atoms with Crippen molar-refractivity contribution in [1.29, 1.82) is 0 Å². The van der Waals surface area contributed by atoms with E-state index < -0.39 is 6.04 Å². The molecule has 1 atom stereocenters. The van der Waals surface area contributed by atoms with Crippen molar-refractivity contribution >= 4 is 5.91 Å². The highest BCUT2D eigenvalue weighted by molar-refractivity contribution is 5.81. The largest absolute Gasteiger partial charge is 0.358 e. The third-order valence-electron chi connectivity index (χ3n) is 2.28. The van der Waals surface area contributed by atoms with Crippen molar-refractivity contribution in [2.24, 2.45) is 5.73 Å². The molecule has 0 aliphatic rings. The molecule has 0 spiro atoms. The van der Waals surface area contributed by atoms with E-state index in [2.05, 4.69) is 5.32 Å². The summed E-state index contributed by atoms with van der Waals surface area (Å²) in [4.78, 5) is 11.2. The average Bonchev–Trinajstić information content (AvgIpc) is 2.20. The molecule has 3 N–H and O–H groups in total. The van der Waals surface area contributed by atoms with Crippen molar-refractivity contribution in [3.8, 4) is 0 Å². The van der Waals surface area contributed by atoms with Gasteiger partial charge in [-0.1, -0.05) is 24.3 Å². The van der Waals surface area contributed by atoms with Crippen LogP contribution in [0.25, 0.3) is 0 Å². The van der Waals surface area contributed by atoms with Crippen LogP contribution in [-0.4, -0.2) is 19.0 Å². The highest BCUT2D eigenvalue weighted by atomic mass is 16.2. The van der Waals surface area contributed by atoms with Crippen molar-refractivity contribution in [3.05, 3.63) is 35.4 Å². The molecule has 0 heterocycles. The van der Waals surface area contributed by atoms with Gasteiger partial charge in [0, 0.05) is 7.05 Å². The van der Waals surface area contributed by atoms with E-state index in [9.17, 15) is 4.79 Å². The minimum absolute atomic E-state index is 0.117. The molecule has 3 nitrogen and oxygen atoms in total. The van der Waals surface area contributed by atoms with Crippen LogP contribution in [0.5, 0.6) is 0 Å². The molecule has 76 valence electrons. The zero-order chi connectivity index (χ0) is 10.6. The van der Waals surface area contributed by atoms with Crippen LogP contribution in [0.1, 0.15) is 11.1 Å². The highest BCUT2D eigenvalue weighted by Gasteiger charge is 2.12. The smallest absolute Gasteiger partial charge is 0.237 e. The summed E-state index contributed by atoms with van der Waals surface area (Å²) in [7, 11) is 1.60. The molecular formula is C11H16N2O. The predicted molar refractivity (Wildman–Crippen MR) is 56.9 cm³/mol. The van der Waals surface area contributed by atoms with Gasteiger partial charge in [-0.05, 0) is 24.5 Å². The SMILES string of the molecule is CNC(=O)C(N)Cc1ccccc1C. The zero-order valence-electron chi connectivity index (χ0n) is 8.58. The highest BCUT2D eigenvalue weighted by Crippen LogP contribution is 2.08. The summed E-state index contributed by atoms with van der Waals surface area (Å²) in [6, 6.07) is 7.49. The molecule has 14 heavy (non-hydrogen) atoms. The van der Waals surface area contributed by atoms with Crippen LogP contribution in [0, 0.1) is 6.92 Å². The van der Waals surface area contributed by atoms with Gasteiger partial charge in [0.15, 0.2) is 0 Å². The lowest BCUT2D eigenvalue weighted by molar-refractivity contribution is -0.121. The van der Waals surface area contributed by atoms with E-state index in [1.54, 1.807) is 7.05 Å². The van der Waals surface area contributed by atoms with E-state index in [1.807, 2.05) is 31.2 Å². The Labute approximate surface area is 84.3 Å². The maximum Gasteiger partial charge on any atom is 0.237 e. The Morgan fingerprint density at radius 1 is 1.50 bits per heavy atom. The first-order valence-electron chi connectivity index (χ1n) is 4.67. The Kier molecular flexibility index (Phi) is 3.65. The van der Waals surface area contributed by atoms with Crippen LogP contribution in [0.15, 0.2) is 24.3 Å². The minimum atomic E-state index is -0.457. The van der Waals surface area contributed by atoms with Crippen molar-refractivity contribution in [2.75, 3.05) is 7.05 Å². The molecule has 3 heteroatoms. The first-order valence-corrected chi connectivity index (χ1v) is 4.67. The van der Waals surface area contributed by atoms with E-state index in [4.69, 9.17) is 5.73 Å². The third-order valence-corrected chi connectivity index (χ3v) is 2.28. The molecule has 0 fully saturated rings. The Hall–Kier alpha value is -1.35. The number of rotatable bonds is 3. The van der Waals surface area contributed by atoms with Gasteiger partial charge in [-0.2, -0.15) is 0 Å². The van der Waals surface area contributed by atoms with Crippen LogP contribution in [0.3, 0.4) is 0 Å². The van der Waals surface area contributed by atoms with Crippen molar-refractivity contribution in [2.45, 2.75) is 19.4 Å². The lowest BCUT2D eigenvalue weighted by Crippen LogP contribution is -2.40. The van der Waals surface area contributed by atoms with Crippen LogP contribution < -0.4 is 11.1 Å². The maximum atomic E-state index is 11.2. The van der Waals surface area contributed by atoms with Gasteiger partial charge in [0.2, 0.25) is 5.91 Å². The van der Waals surface area contributed by atoms with Crippen LogP contribution in [-0.2, 0) is 11.2 Å². The minimum Gasteiger partial charge on any atom is -0.358 e. The standard InChI is InChI=1S/C11H16N2O/c1-8-5-3-4-6-9(8)7-10(12)11(14)13-2/h3-6,10H,7,12H2,1-2H3,(H,13,14).